The van der Waals surface area contributed by atoms with Gasteiger partial charge in [0.15, 0.2) is 0 Å². The molecule has 0 saturated carbocycles. The van der Waals surface area contributed by atoms with Gasteiger partial charge >= 0.3 is 0 Å². The fourth-order valence-electron chi connectivity index (χ4n) is 8.64. The molecule has 8 rings (SSSR count). The molecule has 0 N–H and O–H groups in total. The first-order chi connectivity index (χ1) is 25.6. The Hall–Kier alpha value is -4.86. The van der Waals surface area contributed by atoms with Gasteiger partial charge in [0, 0.05) is 49.8 Å². The zero-order chi connectivity index (χ0) is 37.2. The van der Waals surface area contributed by atoms with Crippen LogP contribution < -0.4 is 4.90 Å². The third kappa shape index (κ3) is 5.59. The molecule has 0 bridgehead atoms. The van der Waals surface area contributed by atoms with Crippen LogP contribution in [0.25, 0.3) is 43.1 Å². The van der Waals surface area contributed by atoms with E-state index in [0.717, 1.165) is 101 Å². The van der Waals surface area contributed by atoms with Crippen molar-refractivity contribution >= 4 is 92.1 Å². The van der Waals surface area contributed by atoms with E-state index < -0.39 is 20.9 Å². The van der Waals surface area contributed by atoms with Crippen molar-refractivity contribution in [2.75, 3.05) is 4.90 Å². The first-order valence-corrected chi connectivity index (χ1v) is 20.9. The van der Waals surface area contributed by atoms with Crippen molar-refractivity contribution in [3.63, 3.8) is 0 Å². The standard InChI is InChI=1S/C43H39ClN2O6S/c1-3-5-7-9-12-25(13-10-8-6-4-2)45-40(47)32-20-16-28-30-18-22-34-39-35(43(50)46(42(34)49)26-14-11-15-27(24-26)53(44,51)52)23-19-31(37(30)39)29-17-21-33(41(45)48)38(32)36(28)29/h11,14-25H,3-10,12-13H2,1-2H3. The van der Waals surface area contributed by atoms with Gasteiger partial charge in [0.1, 0.15) is 0 Å². The monoisotopic (exact) mass is 746 g/mol. The molecule has 0 atom stereocenters. The van der Waals surface area contributed by atoms with Crippen LogP contribution in [0.5, 0.6) is 0 Å². The minimum Gasteiger partial charge on any atom is -0.271 e. The molecule has 8 nitrogen and oxygen atoms in total. The van der Waals surface area contributed by atoms with Crippen molar-refractivity contribution in [2.45, 2.75) is 89.0 Å². The molecular formula is C43H39ClN2O6S. The highest BCUT2D eigenvalue weighted by Gasteiger charge is 2.39. The van der Waals surface area contributed by atoms with Crippen molar-refractivity contribution in [1.82, 2.24) is 4.90 Å². The van der Waals surface area contributed by atoms with Crippen molar-refractivity contribution in [1.29, 1.82) is 0 Å². The maximum Gasteiger partial charge on any atom is 0.265 e. The molecule has 2 heterocycles. The van der Waals surface area contributed by atoms with Crippen LogP contribution in [-0.2, 0) is 9.05 Å². The Morgan fingerprint density at radius 2 is 0.981 bits per heavy atom. The van der Waals surface area contributed by atoms with E-state index in [1.54, 1.807) is 17.0 Å². The Morgan fingerprint density at radius 1 is 0.547 bits per heavy atom. The molecule has 2 aliphatic rings. The number of carbonyl (C=O) groups excluding carboxylic acids is 4. The molecule has 2 aliphatic heterocycles. The van der Waals surface area contributed by atoms with E-state index in [1.807, 2.05) is 36.4 Å². The maximum atomic E-state index is 14.4. The number of unbranched alkanes of at least 4 members (excludes halogenated alkanes) is 6. The number of anilines is 1. The molecule has 6 aromatic rings. The van der Waals surface area contributed by atoms with E-state index in [9.17, 15) is 27.6 Å². The second kappa shape index (κ2) is 13.5. The highest BCUT2D eigenvalue weighted by molar-refractivity contribution is 8.13. The van der Waals surface area contributed by atoms with E-state index in [4.69, 9.17) is 10.7 Å². The zero-order valence-corrected chi connectivity index (χ0v) is 31.3. The van der Waals surface area contributed by atoms with Crippen LogP contribution in [0.15, 0.2) is 77.7 Å². The number of nitrogens with zero attached hydrogens (tertiary/aromatic N) is 2. The topological polar surface area (TPSA) is 109 Å². The second-order valence-electron chi connectivity index (χ2n) is 14.4. The van der Waals surface area contributed by atoms with Gasteiger partial charge in [-0.05, 0) is 87.6 Å². The quantitative estimate of drug-likeness (QED) is 0.0383. The molecule has 270 valence electrons. The third-order valence-electron chi connectivity index (χ3n) is 11.2. The molecule has 0 saturated heterocycles. The average molecular weight is 747 g/mol. The Kier molecular flexibility index (Phi) is 8.98. The summed E-state index contributed by atoms with van der Waals surface area (Å²) < 4.78 is 24.2. The summed E-state index contributed by atoms with van der Waals surface area (Å²) in [6, 6.07) is 19.9. The number of rotatable bonds is 13. The number of halogens is 1. The third-order valence-corrected chi connectivity index (χ3v) is 12.5. The number of imide groups is 2. The summed E-state index contributed by atoms with van der Waals surface area (Å²) in [6.45, 7) is 4.35. The van der Waals surface area contributed by atoms with Crippen LogP contribution >= 0.6 is 10.7 Å². The van der Waals surface area contributed by atoms with Crippen molar-refractivity contribution < 1.29 is 27.6 Å². The first kappa shape index (κ1) is 35.2. The van der Waals surface area contributed by atoms with Gasteiger partial charge in [-0.25, -0.2) is 13.3 Å². The van der Waals surface area contributed by atoms with Gasteiger partial charge in [-0.2, -0.15) is 0 Å². The predicted octanol–water partition coefficient (Wildman–Crippen LogP) is 10.4. The number of hydrogen-bond acceptors (Lipinski definition) is 6. The van der Waals surface area contributed by atoms with Gasteiger partial charge in [-0.1, -0.05) is 95.5 Å². The molecule has 4 amide bonds. The van der Waals surface area contributed by atoms with Gasteiger partial charge in [-0.15, -0.1) is 0 Å². The lowest BCUT2D eigenvalue weighted by molar-refractivity contribution is 0.0516. The van der Waals surface area contributed by atoms with Gasteiger partial charge in [-0.3, -0.25) is 24.1 Å². The lowest BCUT2D eigenvalue weighted by Gasteiger charge is -2.35. The van der Waals surface area contributed by atoms with Gasteiger partial charge in [0.05, 0.1) is 10.6 Å². The van der Waals surface area contributed by atoms with Crippen molar-refractivity contribution in [2.24, 2.45) is 0 Å². The summed E-state index contributed by atoms with van der Waals surface area (Å²) >= 11 is 0. The Balaban J connectivity index is 1.26. The molecule has 6 aromatic carbocycles. The highest BCUT2D eigenvalue weighted by atomic mass is 35.7. The number of benzene rings is 6. The highest BCUT2D eigenvalue weighted by Crippen LogP contribution is 2.47. The van der Waals surface area contributed by atoms with E-state index in [-0.39, 0.29) is 28.4 Å². The van der Waals surface area contributed by atoms with Crippen molar-refractivity contribution in [3.05, 3.63) is 95.1 Å². The van der Waals surface area contributed by atoms with Gasteiger partial charge in [0.25, 0.3) is 32.7 Å². The molecule has 0 unspecified atom stereocenters. The summed E-state index contributed by atoms with van der Waals surface area (Å²) in [5.74, 6) is -1.66. The van der Waals surface area contributed by atoms with Crippen LogP contribution in [0.2, 0.25) is 0 Å². The summed E-state index contributed by atoms with van der Waals surface area (Å²) in [5.41, 5.74) is 1.74. The minimum absolute atomic E-state index is 0.0953. The molecular weight excluding hydrogens is 708 g/mol. The summed E-state index contributed by atoms with van der Waals surface area (Å²) in [4.78, 5) is 59.3. The van der Waals surface area contributed by atoms with Crippen LogP contribution in [0.4, 0.5) is 5.69 Å². The molecule has 0 radical (unpaired) electrons. The Morgan fingerprint density at radius 3 is 1.40 bits per heavy atom. The SMILES string of the molecule is CCCCCCC(CCCCCC)N1C(=O)c2ccc3c4ccc5c6c(ccc(c7ccc(c2c37)C1=O)c64)C(=O)N(c1cccc(S(=O)(=O)Cl)c1)C5=O. The van der Waals surface area contributed by atoms with Crippen LogP contribution in [-0.4, -0.2) is 43.0 Å². The smallest absolute Gasteiger partial charge is 0.265 e. The van der Waals surface area contributed by atoms with Crippen LogP contribution in [0, 0.1) is 0 Å². The minimum atomic E-state index is -4.11. The fourth-order valence-corrected chi connectivity index (χ4v) is 9.43. The van der Waals surface area contributed by atoms with E-state index >= 15 is 0 Å². The molecule has 0 aliphatic carbocycles. The predicted molar refractivity (Wildman–Crippen MR) is 210 cm³/mol. The van der Waals surface area contributed by atoms with E-state index in [0.29, 0.717) is 33.0 Å². The molecule has 0 fully saturated rings. The maximum absolute atomic E-state index is 14.4. The zero-order valence-electron chi connectivity index (χ0n) is 29.7. The number of amides is 4. The molecule has 53 heavy (non-hydrogen) atoms. The first-order valence-electron chi connectivity index (χ1n) is 18.6. The van der Waals surface area contributed by atoms with Gasteiger partial charge < -0.3 is 0 Å². The van der Waals surface area contributed by atoms with E-state index in [1.165, 1.54) is 24.3 Å². The fraction of sp³-hybridized carbons (Fsp3) is 0.302. The van der Waals surface area contributed by atoms with E-state index in [2.05, 4.69) is 13.8 Å². The number of carbonyl (C=O) groups is 4. The average Bonchev–Trinajstić information content (AvgIpc) is 3.15. The summed E-state index contributed by atoms with van der Waals surface area (Å²) in [7, 11) is 1.48. The number of hydrogen-bond donors (Lipinski definition) is 0. The lowest BCUT2D eigenvalue weighted by atomic mass is 9.82. The van der Waals surface area contributed by atoms with Crippen LogP contribution in [0.3, 0.4) is 0 Å². The molecule has 0 aromatic heterocycles. The lowest BCUT2D eigenvalue weighted by Crippen LogP contribution is -2.47. The van der Waals surface area contributed by atoms with Crippen molar-refractivity contribution in [3.8, 4) is 0 Å². The summed E-state index contributed by atoms with van der Waals surface area (Å²) in [6.07, 6.45) is 10.2. The Bertz CT molecular complexity index is 2500. The normalized spacial score (nSPS) is 14.7. The summed E-state index contributed by atoms with van der Waals surface area (Å²) in [5, 5.41) is 5.96. The van der Waals surface area contributed by atoms with Gasteiger partial charge in [0.2, 0.25) is 0 Å². The number of fused-ring (bicyclic) bond motifs is 2. The molecule has 0 spiro atoms. The van der Waals surface area contributed by atoms with Crippen LogP contribution in [0.1, 0.15) is 119 Å². The molecule has 10 heteroatoms. The second-order valence-corrected chi connectivity index (χ2v) is 16.9. The Labute approximate surface area is 312 Å². The largest absolute Gasteiger partial charge is 0.271 e.